The lowest BCUT2D eigenvalue weighted by Gasteiger charge is -2.30. The van der Waals surface area contributed by atoms with Crippen molar-refractivity contribution >= 4 is 17.5 Å². The van der Waals surface area contributed by atoms with Crippen molar-refractivity contribution in [3.63, 3.8) is 0 Å². The zero-order chi connectivity index (χ0) is 23.0. The van der Waals surface area contributed by atoms with Gasteiger partial charge >= 0.3 is 0 Å². The number of nitrogens with zero attached hydrogens (tertiary/aromatic N) is 1. The summed E-state index contributed by atoms with van der Waals surface area (Å²) >= 11 is 0. The predicted octanol–water partition coefficient (Wildman–Crippen LogP) is 4.22. The second-order valence-corrected chi connectivity index (χ2v) is 8.41. The molecule has 3 N–H and O–H groups in total. The molecule has 0 saturated carbocycles. The van der Waals surface area contributed by atoms with Crippen molar-refractivity contribution in [2.75, 3.05) is 18.4 Å². The van der Waals surface area contributed by atoms with Crippen LogP contribution in [0.5, 0.6) is 5.75 Å². The molecule has 170 valence electrons. The Morgan fingerprint density at radius 3 is 2.39 bits per heavy atom. The quantitative estimate of drug-likeness (QED) is 0.546. The first-order valence-electron chi connectivity index (χ1n) is 11.3. The minimum absolute atomic E-state index is 0.0145. The number of nitrogens with one attached hydrogen (secondary N) is 1. The number of benzene rings is 3. The van der Waals surface area contributed by atoms with Gasteiger partial charge in [-0.05, 0) is 67.4 Å². The number of likely N-dealkylation sites (tertiary alicyclic amines) is 1. The van der Waals surface area contributed by atoms with Gasteiger partial charge in [0.2, 0.25) is 5.91 Å². The Bertz CT molecular complexity index is 1090. The van der Waals surface area contributed by atoms with Crippen LogP contribution in [0, 0.1) is 5.92 Å². The highest BCUT2D eigenvalue weighted by Gasteiger charge is 2.23. The molecule has 1 fully saturated rings. The fourth-order valence-electron chi connectivity index (χ4n) is 4.05. The Hall–Kier alpha value is -3.64. The van der Waals surface area contributed by atoms with Crippen LogP contribution < -0.4 is 15.8 Å². The molecule has 0 unspecified atom stereocenters. The summed E-state index contributed by atoms with van der Waals surface area (Å²) in [6.07, 6.45) is 1.60. The van der Waals surface area contributed by atoms with E-state index in [9.17, 15) is 9.59 Å². The molecule has 1 heterocycles. The molecule has 0 aliphatic carbocycles. The predicted molar refractivity (Wildman–Crippen MR) is 129 cm³/mol. The lowest BCUT2D eigenvalue weighted by molar-refractivity contribution is -0.123. The highest BCUT2D eigenvalue weighted by Crippen LogP contribution is 2.21. The van der Waals surface area contributed by atoms with Crippen LogP contribution in [0.2, 0.25) is 0 Å². The minimum Gasteiger partial charge on any atom is -0.489 e. The van der Waals surface area contributed by atoms with Gasteiger partial charge in [0.05, 0.1) is 0 Å². The molecule has 0 radical (unpaired) electrons. The monoisotopic (exact) mass is 443 g/mol. The van der Waals surface area contributed by atoms with Gasteiger partial charge in [-0.15, -0.1) is 0 Å². The number of rotatable bonds is 8. The van der Waals surface area contributed by atoms with E-state index in [4.69, 9.17) is 10.5 Å². The van der Waals surface area contributed by atoms with Gasteiger partial charge in [0.15, 0.2) is 0 Å². The number of anilines is 1. The Morgan fingerprint density at radius 1 is 0.909 bits per heavy atom. The third kappa shape index (κ3) is 6.43. The molecule has 1 aliphatic rings. The van der Waals surface area contributed by atoms with E-state index in [0.29, 0.717) is 17.9 Å². The summed E-state index contributed by atoms with van der Waals surface area (Å²) in [5.74, 6) is 0.257. The lowest BCUT2D eigenvalue weighted by Crippen LogP contribution is -2.38. The van der Waals surface area contributed by atoms with E-state index in [2.05, 4.69) is 10.2 Å². The Morgan fingerprint density at radius 2 is 1.64 bits per heavy atom. The van der Waals surface area contributed by atoms with E-state index >= 15 is 0 Å². The van der Waals surface area contributed by atoms with Gasteiger partial charge in [-0.25, -0.2) is 0 Å². The molecule has 1 saturated heterocycles. The van der Waals surface area contributed by atoms with E-state index in [1.54, 1.807) is 12.1 Å². The molecule has 3 aromatic carbocycles. The first-order chi connectivity index (χ1) is 16.1. The van der Waals surface area contributed by atoms with Crippen molar-refractivity contribution in [2.24, 2.45) is 11.7 Å². The molecule has 0 atom stereocenters. The van der Waals surface area contributed by atoms with Crippen LogP contribution in [-0.4, -0.2) is 29.8 Å². The zero-order valence-corrected chi connectivity index (χ0v) is 18.6. The molecule has 3 aromatic rings. The SMILES string of the molecule is NC(=O)C1CCN(Cc2cccc(NC(=O)c3cccc(OCc4ccccc4)c3)c2)CC1. The van der Waals surface area contributed by atoms with Gasteiger partial charge in [0.25, 0.3) is 5.91 Å². The van der Waals surface area contributed by atoms with Crippen LogP contribution in [0.15, 0.2) is 78.9 Å². The maximum atomic E-state index is 12.8. The normalized spacial score (nSPS) is 14.5. The summed E-state index contributed by atoms with van der Waals surface area (Å²) in [4.78, 5) is 26.5. The summed E-state index contributed by atoms with van der Waals surface area (Å²) in [7, 11) is 0. The third-order valence-corrected chi connectivity index (χ3v) is 5.93. The average Bonchev–Trinajstić information content (AvgIpc) is 2.84. The highest BCUT2D eigenvalue weighted by atomic mass is 16.5. The average molecular weight is 444 g/mol. The lowest BCUT2D eigenvalue weighted by atomic mass is 9.96. The zero-order valence-electron chi connectivity index (χ0n) is 18.6. The number of piperidine rings is 1. The fourth-order valence-corrected chi connectivity index (χ4v) is 4.05. The largest absolute Gasteiger partial charge is 0.489 e. The Labute approximate surface area is 194 Å². The van der Waals surface area contributed by atoms with Gasteiger partial charge in [-0.2, -0.15) is 0 Å². The number of carbonyl (C=O) groups excluding carboxylic acids is 2. The Kier molecular flexibility index (Phi) is 7.37. The molecule has 2 amide bonds. The maximum Gasteiger partial charge on any atom is 0.255 e. The van der Waals surface area contributed by atoms with E-state index in [1.807, 2.05) is 66.7 Å². The molecule has 6 heteroatoms. The van der Waals surface area contributed by atoms with Crippen LogP contribution in [0.1, 0.15) is 34.3 Å². The molecule has 0 bridgehead atoms. The Balaban J connectivity index is 1.33. The number of nitrogens with two attached hydrogens (primary N) is 1. The smallest absolute Gasteiger partial charge is 0.255 e. The molecular formula is C27H29N3O3. The first kappa shape index (κ1) is 22.6. The van der Waals surface area contributed by atoms with Crippen molar-refractivity contribution in [2.45, 2.75) is 26.0 Å². The first-order valence-corrected chi connectivity index (χ1v) is 11.3. The van der Waals surface area contributed by atoms with E-state index in [-0.39, 0.29) is 17.7 Å². The van der Waals surface area contributed by atoms with E-state index < -0.39 is 0 Å². The number of amides is 2. The van der Waals surface area contributed by atoms with Crippen LogP contribution >= 0.6 is 0 Å². The molecule has 0 spiro atoms. The van der Waals surface area contributed by atoms with Gasteiger partial charge in [-0.1, -0.05) is 48.5 Å². The van der Waals surface area contributed by atoms with Crippen molar-refractivity contribution in [3.05, 3.63) is 95.6 Å². The summed E-state index contributed by atoms with van der Waals surface area (Å²) in [5.41, 5.74) is 8.91. The van der Waals surface area contributed by atoms with Crippen LogP contribution in [0.3, 0.4) is 0 Å². The second kappa shape index (κ2) is 10.8. The molecule has 33 heavy (non-hydrogen) atoms. The summed E-state index contributed by atoms with van der Waals surface area (Å²) in [6.45, 7) is 2.92. The topological polar surface area (TPSA) is 84.7 Å². The fraction of sp³-hybridized carbons (Fsp3) is 0.259. The molecule has 0 aromatic heterocycles. The van der Waals surface area contributed by atoms with Crippen LogP contribution in [-0.2, 0) is 17.9 Å². The van der Waals surface area contributed by atoms with Gasteiger partial charge in [-0.3, -0.25) is 14.5 Å². The third-order valence-electron chi connectivity index (χ3n) is 5.93. The highest BCUT2D eigenvalue weighted by molar-refractivity contribution is 6.04. The summed E-state index contributed by atoms with van der Waals surface area (Å²) in [6, 6.07) is 25.0. The van der Waals surface area contributed by atoms with Crippen molar-refractivity contribution in [1.29, 1.82) is 0 Å². The number of ether oxygens (including phenoxy) is 1. The van der Waals surface area contributed by atoms with Gasteiger partial charge < -0.3 is 15.8 Å². The van der Waals surface area contributed by atoms with E-state index in [0.717, 1.165) is 49.3 Å². The van der Waals surface area contributed by atoms with Crippen LogP contribution in [0.25, 0.3) is 0 Å². The number of hydrogen-bond acceptors (Lipinski definition) is 4. The minimum atomic E-state index is -0.200. The molecule has 1 aliphatic heterocycles. The number of primary amides is 1. The second-order valence-electron chi connectivity index (χ2n) is 8.41. The molecular weight excluding hydrogens is 414 g/mol. The van der Waals surface area contributed by atoms with Crippen molar-refractivity contribution < 1.29 is 14.3 Å². The summed E-state index contributed by atoms with van der Waals surface area (Å²) in [5, 5.41) is 2.98. The van der Waals surface area contributed by atoms with Gasteiger partial charge in [0.1, 0.15) is 12.4 Å². The van der Waals surface area contributed by atoms with Crippen molar-refractivity contribution in [1.82, 2.24) is 4.90 Å². The van der Waals surface area contributed by atoms with E-state index in [1.165, 1.54) is 0 Å². The standard InChI is InChI=1S/C27H29N3O3/c28-26(31)22-12-14-30(15-13-22)18-21-8-4-10-24(16-21)29-27(32)23-9-5-11-25(17-23)33-19-20-6-2-1-3-7-20/h1-11,16-17,22H,12-15,18-19H2,(H2,28,31)(H,29,32). The summed E-state index contributed by atoms with van der Waals surface area (Å²) < 4.78 is 5.84. The maximum absolute atomic E-state index is 12.8. The van der Waals surface area contributed by atoms with Crippen molar-refractivity contribution in [3.8, 4) is 5.75 Å². The number of hydrogen-bond donors (Lipinski definition) is 2. The molecule has 4 rings (SSSR count). The van der Waals surface area contributed by atoms with Crippen LogP contribution in [0.4, 0.5) is 5.69 Å². The molecule has 6 nitrogen and oxygen atoms in total. The van der Waals surface area contributed by atoms with Gasteiger partial charge in [0, 0.05) is 23.7 Å². The number of carbonyl (C=O) groups is 2.